The molecule has 2 aliphatic heterocycles. The van der Waals surface area contributed by atoms with E-state index in [0.717, 1.165) is 56.3 Å². The number of methoxy groups -OCH3 is 1. The van der Waals surface area contributed by atoms with Gasteiger partial charge in [0, 0.05) is 56.3 Å². The van der Waals surface area contributed by atoms with Gasteiger partial charge < -0.3 is 9.64 Å². The molecule has 8 heteroatoms. The lowest BCUT2D eigenvalue weighted by Crippen LogP contribution is -2.56. The molecule has 1 saturated carbocycles. The SMILES string of the molecule is COc1ccc(C2CCCCC2)cc1-c1csc(NC(=O)N2CCN(C3CCCN(Cc4ccccc4)C3)CC2)n1. The third-order valence-corrected chi connectivity index (χ3v) is 9.90. The topological polar surface area (TPSA) is 60.9 Å². The minimum absolute atomic E-state index is 0.0529. The zero-order valence-corrected chi connectivity index (χ0v) is 25.1. The summed E-state index contributed by atoms with van der Waals surface area (Å²) >= 11 is 1.48. The normalized spacial score (nSPS) is 21.1. The van der Waals surface area contributed by atoms with Crippen LogP contribution in [0.4, 0.5) is 9.93 Å². The molecular formula is C33H43N5O2S. The van der Waals surface area contributed by atoms with Gasteiger partial charge in [0.25, 0.3) is 0 Å². The highest BCUT2D eigenvalue weighted by Crippen LogP contribution is 2.38. The standard InChI is InChI=1S/C33H43N5O2S/c1-40-31-15-14-27(26-11-6-3-7-12-26)21-29(31)30-24-41-32(34-30)35-33(39)38-19-17-37(18-20-38)28-13-8-16-36(23-28)22-25-9-4-2-5-10-25/h2,4-5,9-10,14-15,21,24,26,28H,3,6-8,11-13,16-20,22-23H2,1H3,(H,34,35,39). The molecule has 7 nitrogen and oxygen atoms in total. The number of amides is 2. The Balaban J connectivity index is 1.02. The van der Waals surface area contributed by atoms with Crippen LogP contribution in [0.25, 0.3) is 11.3 Å². The number of carbonyl (C=O) groups excluding carboxylic acids is 1. The van der Waals surface area contributed by atoms with Gasteiger partial charge in [-0.05, 0) is 61.4 Å². The number of hydrogen-bond acceptors (Lipinski definition) is 6. The van der Waals surface area contributed by atoms with E-state index in [-0.39, 0.29) is 6.03 Å². The van der Waals surface area contributed by atoms with Gasteiger partial charge in [0.15, 0.2) is 5.13 Å². The molecule has 1 N–H and O–H groups in total. The van der Waals surface area contributed by atoms with Crippen LogP contribution >= 0.6 is 11.3 Å². The van der Waals surface area contributed by atoms with E-state index in [4.69, 9.17) is 9.72 Å². The average Bonchev–Trinajstić information content (AvgIpc) is 3.50. The number of urea groups is 1. The summed E-state index contributed by atoms with van der Waals surface area (Å²) in [5, 5.41) is 5.74. The van der Waals surface area contributed by atoms with Gasteiger partial charge in [-0.15, -0.1) is 11.3 Å². The number of benzene rings is 2. The van der Waals surface area contributed by atoms with Crippen LogP contribution < -0.4 is 10.1 Å². The lowest BCUT2D eigenvalue weighted by atomic mass is 9.83. The second-order valence-electron chi connectivity index (χ2n) is 11.8. The Morgan fingerprint density at radius 2 is 1.78 bits per heavy atom. The van der Waals surface area contributed by atoms with E-state index in [0.29, 0.717) is 17.1 Å². The van der Waals surface area contributed by atoms with E-state index in [1.165, 1.54) is 74.0 Å². The number of piperazine rings is 1. The number of piperidine rings is 1. The first-order valence-electron chi connectivity index (χ1n) is 15.4. The smallest absolute Gasteiger partial charge is 0.323 e. The van der Waals surface area contributed by atoms with Crippen LogP contribution in [-0.4, -0.2) is 78.1 Å². The molecule has 1 atom stereocenters. The first kappa shape index (κ1) is 28.2. The van der Waals surface area contributed by atoms with Gasteiger partial charge in [-0.3, -0.25) is 15.1 Å². The van der Waals surface area contributed by atoms with Gasteiger partial charge in [-0.1, -0.05) is 55.7 Å². The molecule has 2 amide bonds. The molecule has 1 aromatic heterocycles. The highest BCUT2D eigenvalue weighted by Gasteiger charge is 2.30. The predicted octanol–water partition coefficient (Wildman–Crippen LogP) is 6.68. The number of hydrogen-bond donors (Lipinski definition) is 1. The molecule has 1 aliphatic carbocycles. The van der Waals surface area contributed by atoms with E-state index >= 15 is 0 Å². The van der Waals surface area contributed by atoms with Crippen molar-refractivity contribution in [1.29, 1.82) is 0 Å². The largest absolute Gasteiger partial charge is 0.496 e. The zero-order chi connectivity index (χ0) is 28.0. The summed E-state index contributed by atoms with van der Waals surface area (Å²) in [6, 6.07) is 17.8. The molecule has 6 rings (SSSR count). The van der Waals surface area contributed by atoms with Crippen LogP contribution in [-0.2, 0) is 6.54 Å². The maximum absolute atomic E-state index is 13.2. The average molecular weight is 574 g/mol. The number of thiazole rings is 1. The molecule has 41 heavy (non-hydrogen) atoms. The Morgan fingerprint density at radius 3 is 2.56 bits per heavy atom. The first-order valence-corrected chi connectivity index (χ1v) is 16.2. The van der Waals surface area contributed by atoms with Crippen molar-refractivity contribution in [3.05, 3.63) is 65.0 Å². The van der Waals surface area contributed by atoms with E-state index in [1.54, 1.807) is 7.11 Å². The monoisotopic (exact) mass is 573 g/mol. The molecule has 0 spiro atoms. The molecule has 1 unspecified atom stereocenters. The van der Waals surface area contributed by atoms with Crippen molar-refractivity contribution in [2.75, 3.05) is 51.7 Å². The van der Waals surface area contributed by atoms with E-state index in [9.17, 15) is 4.79 Å². The molecular weight excluding hydrogens is 530 g/mol. The second-order valence-corrected chi connectivity index (χ2v) is 12.7. The van der Waals surface area contributed by atoms with Gasteiger partial charge in [-0.2, -0.15) is 0 Å². The fraction of sp³-hybridized carbons (Fsp3) is 0.515. The Kier molecular flexibility index (Phi) is 9.19. The predicted molar refractivity (Wildman–Crippen MR) is 167 cm³/mol. The quantitative estimate of drug-likeness (QED) is 0.342. The van der Waals surface area contributed by atoms with Gasteiger partial charge in [0.05, 0.1) is 12.8 Å². The van der Waals surface area contributed by atoms with Crippen LogP contribution in [0.3, 0.4) is 0 Å². The van der Waals surface area contributed by atoms with E-state index in [1.807, 2.05) is 10.3 Å². The maximum Gasteiger partial charge on any atom is 0.323 e. The van der Waals surface area contributed by atoms with Crippen molar-refractivity contribution in [2.24, 2.45) is 0 Å². The molecule has 3 aliphatic rings. The van der Waals surface area contributed by atoms with Crippen LogP contribution in [0.5, 0.6) is 5.75 Å². The van der Waals surface area contributed by atoms with Crippen LogP contribution in [0.15, 0.2) is 53.9 Å². The van der Waals surface area contributed by atoms with Gasteiger partial charge in [0.1, 0.15) is 5.75 Å². The number of ether oxygens (including phenoxy) is 1. The third kappa shape index (κ3) is 6.93. The van der Waals surface area contributed by atoms with Gasteiger partial charge in [-0.25, -0.2) is 9.78 Å². The van der Waals surface area contributed by atoms with Crippen molar-refractivity contribution >= 4 is 22.5 Å². The Morgan fingerprint density at radius 1 is 0.976 bits per heavy atom. The summed E-state index contributed by atoms with van der Waals surface area (Å²) < 4.78 is 5.69. The molecule has 3 heterocycles. The summed E-state index contributed by atoms with van der Waals surface area (Å²) in [5.41, 5.74) is 4.63. The summed E-state index contributed by atoms with van der Waals surface area (Å²) in [7, 11) is 1.71. The maximum atomic E-state index is 13.2. The Hall–Kier alpha value is -2.94. The van der Waals surface area contributed by atoms with Crippen molar-refractivity contribution in [2.45, 2.75) is 63.5 Å². The molecule has 0 radical (unpaired) electrons. The Bertz CT molecular complexity index is 1280. The van der Waals surface area contributed by atoms with Crippen molar-refractivity contribution in [3.63, 3.8) is 0 Å². The number of likely N-dealkylation sites (tertiary alicyclic amines) is 1. The van der Waals surface area contributed by atoms with Gasteiger partial charge >= 0.3 is 6.03 Å². The lowest BCUT2D eigenvalue weighted by Gasteiger charge is -2.43. The number of nitrogens with one attached hydrogen (secondary N) is 1. The van der Waals surface area contributed by atoms with Crippen molar-refractivity contribution in [1.82, 2.24) is 19.7 Å². The number of nitrogens with zero attached hydrogens (tertiary/aromatic N) is 4. The van der Waals surface area contributed by atoms with Crippen LogP contribution in [0.1, 0.15) is 62.0 Å². The van der Waals surface area contributed by atoms with E-state index < -0.39 is 0 Å². The number of carbonyl (C=O) groups is 1. The molecule has 2 saturated heterocycles. The molecule has 3 fully saturated rings. The van der Waals surface area contributed by atoms with Crippen molar-refractivity contribution in [3.8, 4) is 17.0 Å². The summed E-state index contributed by atoms with van der Waals surface area (Å²) in [4.78, 5) is 25.1. The van der Waals surface area contributed by atoms with Gasteiger partial charge in [0.2, 0.25) is 0 Å². The molecule has 3 aromatic rings. The number of aromatic nitrogens is 1. The Labute approximate surface area is 248 Å². The number of anilines is 1. The fourth-order valence-corrected chi connectivity index (χ4v) is 7.55. The summed E-state index contributed by atoms with van der Waals surface area (Å²) in [6.07, 6.45) is 8.94. The van der Waals surface area contributed by atoms with E-state index in [2.05, 4.69) is 63.6 Å². The third-order valence-electron chi connectivity index (χ3n) is 9.14. The number of rotatable bonds is 7. The second kappa shape index (κ2) is 13.4. The zero-order valence-electron chi connectivity index (χ0n) is 24.3. The molecule has 218 valence electrons. The first-order chi connectivity index (χ1) is 20.2. The minimum atomic E-state index is -0.0529. The fourth-order valence-electron chi connectivity index (χ4n) is 6.85. The molecule has 2 aromatic carbocycles. The van der Waals surface area contributed by atoms with Crippen LogP contribution in [0, 0.1) is 0 Å². The van der Waals surface area contributed by atoms with Crippen molar-refractivity contribution < 1.29 is 9.53 Å². The summed E-state index contributed by atoms with van der Waals surface area (Å²) in [6.45, 7) is 6.63. The van der Waals surface area contributed by atoms with Crippen LogP contribution in [0.2, 0.25) is 0 Å². The summed E-state index contributed by atoms with van der Waals surface area (Å²) in [5.74, 6) is 1.44. The highest BCUT2D eigenvalue weighted by molar-refractivity contribution is 7.14. The highest BCUT2D eigenvalue weighted by atomic mass is 32.1. The minimum Gasteiger partial charge on any atom is -0.496 e. The molecule has 0 bridgehead atoms. The lowest BCUT2D eigenvalue weighted by molar-refractivity contribution is 0.0607.